The smallest absolute Gasteiger partial charge is 0.320 e. The predicted octanol–water partition coefficient (Wildman–Crippen LogP) is 3.55. The van der Waals surface area contributed by atoms with Crippen LogP contribution in [-0.2, 0) is 6.18 Å². The number of anilines is 2. The highest BCUT2D eigenvalue weighted by atomic mass is 19.4. The van der Waals surface area contributed by atoms with Crippen LogP contribution < -0.4 is 16.0 Å². The van der Waals surface area contributed by atoms with Crippen molar-refractivity contribution in [3.05, 3.63) is 77.4 Å². The molecule has 0 fully saturated rings. The molecule has 0 bridgehead atoms. The van der Waals surface area contributed by atoms with Gasteiger partial charge in [-0.05, 0) is 36.4 Å². The molecular formula is C20H14F5N5O2. The fourth-order valence-corrected chi connectivity index (χ4v) is 3.42. The molecule has 1 aliphatic rings. The van der Waals surface area contributed by atoms with Crippen molar-refractivity contribution in [2.75, 3.05) is 16.8 Å². The Balaban J connectivity index is 1.74. The lowest BCUT2D eigenvalue weighted by atomic mass is 10.1. The molecule has 0 radical (unpaired) electrons. The molecule has 2 aromatic heterocycles. The Bertz CT molecular complexity index is 1190. The van der Waals surface area contributed by atoms with E-state index in [1.54, 1.807) is 0 Å². The molecule has 2 amide bonds. The number of nitrogens with one attached hydrogen (secondary N) is 1. The van der Waals surface area contributed by atoms with Gasteiger partial charge in [-0.3, -0.25) is 19.1 Å². The summed E-state index contributed by atoms with van der Waals surface area (Å²) in [5, 5.41) is 2.32. The molecule has 0 aliphatic carbocycles. The van der Waals surface area contributed by atoms with Gasteiger partial charge in [0, 0.05) is 11.9 Å². The van der Waals surface area contributed by atoms with Gasteiger partial charge in [0.1, 0.15) is 17.4 Å². The lowest BCUT2D eigenvalue weighted by Gasteiger charge is -2.33. The van der Waals surface area contributed by atoms with Crippen molar-refractivity contribution in [2.24, 2.45) is 5.73 Å². The van der Waals surface area contributed by atoms with Gasteiger partial charge in [0.25, 0.3) is 11.8 Å². The predicted molar refractivity (Wildman–Crippen MR) is 103 cm³/mol. The maximum atomic E-state index is 14.7. The zero-order valence-electron chi connectivity index (χ0n) is 16.0. The van der Waals surface area contributed by atoms with E-state index < -0.39 is 52.7 Å². The van der Waals surface area contributed by atoms with E-state index in [-0.39, 0.29) is 17.9 Å². The second kappa shape index (κ2) is 7.71. The van der Waals surface area contributed by atoms with Gasteiger partial charge >= 0.3 is 6.18 Å². The minimum absolute atomic E-state index is 0.0188. The van der Waals surface area contributed by atoms with Crippen molar-refractivity contribution in [2.45, 2.75) is 12.3 Å². The fourth-order valence-electron chi connectivity index (χ4n) is 3.42. The molecular weight excluding hydrogens is 437 g/mol. The molecule has 3 heterocycles. The highest BCUT2D eigenvalue weighted by Gasteiger charge is 2.41. The van der Waals surface area contributed by atoms with Crippen LogP contribution in [0, 0.1) is 11.8 Å². The highest BCUT2D eigenvalue weighted by molar-refractivity contribution is 6.16. The van der Waals surface area contributed by atoms with E-state index in [0.29, 0.717) is 4.57 Å². The fraction of sp³-hybridized carbons (Fsp3) is 0.150. The normalized spacial score (nSPS) is 16.1. The lowest BCUT2D eigenvalue weighted by molar-refractivity contribution is -0.137. The maximum Gasteiger partial charge on any atom is 0.416 e. The van der Waals surface area contributed by atoms with Gasteiger partial charge in [0.15, 0.2) is 5.82 Å². The molecule has 4 rings (SSSR count). The Labute approximate surface area is 177 Å². The van der Waals surface area contributed by atoms with E-state index in [4.69, 9.17) is 5.73 Å². The summed E-state index contributed by atoms with van der Waals surface area (Å²) in [4.78, 5) is 30.5. The van der Waals surface area contributed by atoms with Crippen LogP contribution in [-0.4, -0.2) is 27.9 Å². The number of nitrogens with zero attached hydrogens (tertiary/aromatic N) is 3. The number of nitrogens with two attached hydrogens (primary N) is 1. The second-order valence-electron chi connectivity index (χ2n) is 6.92. The molecule has 1 aromatic carbocycles. The SMILES string of the molecule is N[C@H]1CN(c2ccc(C(F)(F)F)cc2)C(=O)c2c(C(=O)Nc3cccnc3)c(F)c(F)n21. The van der Waals surface area contributed by atoms with E-state index in [9.17, 15) is 31.5 Å². The standard InChI is InChI=1S/C20H14F5N5O2/c21-15-14(18(31)28-11-2-1-7-27-8-11)16-19(32)29(9-13(26)30(16)17(15)22)12-5-3-10(4-6-12)20(23,24)25/h1-8,13H,9,26H2,(H,28,31)/t13-/m1/s1. The second-order valence-corrected chi connectivity index (χ2v) is 6.92. The Morgan fingerprint density at radius 1 is 1.16 bits per heavy atom. The number of rotatable bonds is 3. The number of amides is 2. The van der Waals surface area contributed by atoms with Crippen LogP contribution >= 0.6 is 0 Å². The number of aromatic nitrogens is 2. The Kier molecular flexibility index (Phi) is 5.17. The summed E-state index contributed by atoms with van der Waals surface area (Å²) >= 11 is 0. The Hall–Kier alpha value is -3.80. The van der Waals surface area contributed by atoms with Crippen LogP contribution in [0.1, 0.15) is 32.6 Å². The summed E-state index contributed by atoms with van der Waals surface area (Å²) in [5.41, 5.74) is 3.64. The first kappa shape index (κ1) is 21.4. The van der Waals surface area contributed by atoms with Crippen molar-refractivity contribution in [3.63, 3.8) is 0 Å². The summed E-state index contributed by atoms with van der Waals surface area (Å²) in [6.45, 7) is -0.355. The summed E-state index contributed by atoms with van der Waals surface area (Å²) in [5.74, 6) is -5.17. The van der Waals surface area contributed by atoms with Gasteiger partial charge in [-0.25, -0.2) is 4.39 Å². The van der Waals surface area contributed by atoms with Gasteiger partial charge in [-0.2, -0.15) is 17.6 Å². The van der Waals surface area contributed by atoms with E-state index in [0.717, 1.165) is 29.2 Å². The van der Waals surface area contributed by atoms with E-state index >= 15 is 0 Å². The zero-order chi connectivity index (χ0) is 23.2. The first-order chi connectivity index (χ1) is 15.1. The number of hydrogen-bond acceptors (Lipinski definition) is 4. The van der Waals surface area contributed by atoms with Crippen molar-refractivity contribution >= 4 is 23.2 Å². The highest BCUT2D eigenvalue weighted by Crippen LogP contribution is 2.34. The molecule has 3 N–H and O–H groups in total. The molecule has 0 saturated carbocycles. The van der Waals surface area contributed by atoms with Crippen LogP contribution in [0.4, 0.5) is 33.3 Å². The first-order valence-corrected chi connectivity index (χ1v) is 9.15. The summed E-state index contributed by atoms with van der Waals surface area (Å²) in [6, 6.07) is 6.54. The molecule has 0 spiro atoms. The van der Waals surface area contributed by atoms with E-state index in [1.807, 2.05) is 0 Å². The van der Waals surface area contributed by atoms with E-state index in [1.165, 1.54) is 24.5 Å². The zero-order valence-corrected chi connectivity index (χ0v) is 16.0. The van der Waals surface area contributed by atoms with Crippen LogP contribution in [0.2, 0.25) is 0 Å². The number of halogens is 5. The monoisotopic (exact) mass is 451 g/mol. The van der Waals surface area contributed by atoms with Crippen molar-refractivity contribution in [1.29, 1.82) is 0 Å². The average molecular weight is 451 g/mol. The molecule has 7 nitrogen and oxygen atoms in total. The quantitative estimate of drug-likeness (QED) is 0.596. The van der Waals surface area contributed by atoms with Gasteiger partial charge in [0.2, 0.25) is 5.95 Å². The number of fused-ring (bicyclic) bond motifs is 1. The number of hydrogen-bond donors (Lipinski definition) is 2. The van der Waals surface area contributed by atoms with Crippen LogP contribution in [0.25, 0.3) is 0 Å². The number of carbonyl (C=O) groups is 2. The third kappa shape index (κ3) is 3.58. The van der Waals surface area contributed by atoms with Crippen molar-refractivity contribution in [1.82, 2.24) is 9.55 Å². The summed E-state index contributed by atoms with van der Waals surface area (Å²) < 4.78 is 68.3. The number of alkyl halides is 3. The van der Waals surface area contributed by atoms with Crippen LogP contribution in [0.3, 0.4) is 0 Å². The summed E-state index contributed by atoms with van der Waals surface area (Å²) in [7, 11) is 0. The van der Waals surface area contributed by atoms with Crippen molar-refractivity contribution in [3.8, 4) is 0 Å². The van der Waals surface area contributed by atoms with Crippen LogP contribution in [0.5, 0.6) is 0 Å². The summed E-state index contributed by atoms with van der Waals surface area (Å²) in [6.07, 6.45) is -3.18. The topological polar surface area (TPSA) is 93.2 Å². The minimum Gasteiger partial charge on any atom is -0.320 e. The third-order valence-electron chi connectivity index (χ3n) is 4.89. The number of benzene rings is 1. The molecule has 32 heavy (non-hydrogen) atoms. The number of carbonyl (C=O) groups excluding carboxylic acids is 2. The largest absolute Gasteiger partial charge is 0.416 e. The lowest BCUT2D eigenvalue weighted by Crippen LogP contribution is -2.47. The first-order valence-electron chi connectivity index (χ1n) is 9.15. The molecule has 0 saturated heterocycles. The van der Waals surface area contributed by atoms with E-state index in [2.05, 4.69) is 10.3 Å². The molecule has 3 aromatic rings. The van der Waals surface area contributed by atoms with Gasteiger partial charge in [-0.15, -0.1) is 0 Å². The third-order valence-corrected chi connectivity index (χ3v) is 4.89. The molecule has 1 atom stereocenters. The molecule has 0 unspecified atom stereocenters. The average Bonchev–Trinajstić information content (AvgIpc) is 3.02. The van der Waals surface area contributed by atoms with Gasteiger partial charge < -0.3 is 16.0 Å². The Morgan fingerprint density at radius 2 is 1.84 bits per heavy atom. The van der Waals surface area contributed by atoms with Crippen LogP contribution in [0.15, 0.2) is 48.8 Å². The molecule has 12 heteroatoms. The number of pyridine rings is 1. The van der Waals surface area contributed by atoms with Gasteiger partial charge in [0.05, 0.1) is 24.0 Å². The maximum absolute atomic E-state index is 14.7. The molecule has 1 aliphatic heterocycles. The minimum atomic E-state index is -4.58. The van der Waals surface area contributed by atoms with Gasteiger partial charge in [-0.1, -0.05) is 0 Å². The molecule has 166 valence electrons. The van der Waals surface area contributed by atoms with Crippen molar-refractivity contribution < 1.29 is 31.5 Å². The Morgan fingerprint density at radius 3 is 2.44 bits per heavy atom.